The fourth-order valence-electron chi connectivity index (χ4n) is 3.63. The van der Waals surface area contributed by atoms with E-state index in [4.69, 9.17) is 4.74 Å². The minimum absolute atomic E-state index is 0.0433. The average molecular weight is 419 g/mol. The van der Waals surface area contributed by atoms with Crippen LogP contribution in [0.25, 0.3) is 5.69 Å². The molecule has 1 aliphatic heterocycles. The summed E-state index contributed by atoms with van der Waals surface area (Å²) < 4.78 is 7.42. The Morgan fingerprint density at radius 1 is 1.19 bits per heavy atom. The first-order valence-corrected chi connectivity index (χ1v) is 10.3. The van der Waals surface area contributed by atoms with Gasteiger partial charge >= 0.3 is 0 Å². The number of aromatic nitrogens is 3. The van der Waals surface area contributed by atoms with Gasteiger partial charge in [-0.2, -0.15) is 5.10 Å². The second-order valence-corrected chi connectivity index (χ2v) is 7.58. The van der Waals surface area contributed by atoms with Gasteiger partial charge in [0.2, 0.25) is 5.91 Å². The minimum Gasteiger partial charge on any atom is -0.376 e. The lowest BCUT2D eigenvalue weighted by molar-refractivity contribution is -0.114. The van der Waals surface area contributed by atoms with Gasteiger partial charge < -0.3 is 15.0 Å². The van der Waals surface area contributed by atoms with E-state index in [1.54, 1.807) is 41.6 Å². The Morgan fingerprint density at radius 2 is 1.97 bits per heavy atom. The van der Waals surface area contributed by atoms with Crippen molar-refractivity contribution in [3.63, 3.8) is 0 Å². The number of benzene rings is 1. The van der Waals surface area contributed by atoms with E-state index in [9.17, 15) is 9.59 Å². The zero-order valence-electron chi connectivity index (χ0n) is 17.4. The van der Waals surface area contributed by atoms with Crippen LogP contribution in [0.2, 0.25) is 0 Å². The van der Waals surface area contributed by atoms with Crippen molar-refractivity contribution in [2.75, 3.05) is 18.5 Å². The van der Waals surface area contributed by atoms with E-state index in [1.165, 1.54) is 6.92 Å². The molecule has 2 amide bonds. The molecule has 0 unspecified atom stereocenters. The highest BCUT2D eigenvalue weighted by atomic mass is 16.5. The fourth-order valence-corrected chi connectivity index (χ4v) is 3.63. The Hall–Kier alpha value is -3.52. The summed E-state index contributed by atoms with van der Waals surface area (Å²) in [5.74, 6) is -0.195. The second kappa shape index (κ2) is 9.53. The van der Waals surface area contributed by atoms with Crippen molar-refractivity contribution in [1.82, 2.24) is 19.7 Å². The molecule has 0 aliphatic carbocycles. The Kier molecular flexibility index (Phi) is 6.37. The number of carbonyl (C=O) groups is 2. The van der Waals surface area contributed by atoms with Crippen molar-refractivity contribution >= 4 is 17.5 Å². The van der Waals surface area contributed by atoms with Crippen LogP contribution >= 0.6 is 0 Å². The molecule has 3 aromatic rings. The molecule has 3 heterocycles. The van der Waals surface area contributed by atoms with E-state index in [0.29, 0.717) is 24.3 Å². The van der Waals surface area contributed by atoms with Gasteiger partial charge in [0.1, 0.15) is 0 Å². The molecule has 0 saturated carbocycles. The third kappa shape index (κ3) is 5.35. The molecule has 1 fully saturated rings. The van der Waals surface area contributed by atoms with E-state index < -0.39 is 0 Å². The Balaban J connectivity index is 1.50. The molecule has 1 saturated heterocycles. The van der Waals surface area contributed by atoms with Crippen LogP contribution in [0.15, 0.2) is 61.2 Å². The molecule has 1 aromatic carbocycles. The predicted molar refractivity (Wildman–Crippen MR) is 116 cm³/mol. The molecule has 8 nitrogen and oxygen atoms in total. The number of ether oxygens (including phenoxy) is 1. The summed E-state index contributed by atoms with van der Waals surface area (Å²) in [7, 11) is 0. The number of carbonyl (C=O) groups excluding carboxylic acids is 2. The maximum absolute atomic E-state index is 13.3. The molecule has 1 aliphatic rings. The first-order valence-electron chi connectivity index (χ1n) is 10.3. The number of amides is 2. The number of pyridine rings is 1. The van der Waals surface area contributed by atoms with Crippen LogP contribution in [0.1, 0.15) is 35.7 Å². The first-order chi connectivity index (χ1) is 15.1. The van der Waals surface area contributed by atoms with Gasteiger partial charge in [0.15, 0.2) is 0 Å². The van der Waals surface area contributed by atoms with Crippen LogP contribution in [-0.4, -0.2) is 50.7 Å². The summed E-state index contributed by atoms with van der Waals surface area (Å²) >= 11 is 0. The number of hydrogen-bond donors (Lipinski definition) is 1. The van der Waals surface area contributed by atoms with Crippen molar-refractivity contribution in [2.24, 2.45) is 0 Å². The largest absolute Gasteiger partial charge is 0.376 e. The molecule has 0 spiro atoms. The Morgan fingerprint density at radius 3 is 2.65 bits per heavy atom. The van der Waals surface area contributed by atoms with Crippen LogP contribution in [0.4, 0.5) is 5.69 Å². The van der Waals surface area contributed by atoms with E-state index in [0.717, 1.165) is 30.7 Å². The number of nitrogens with zero attached hydrogens (tertiary/aromatic N) is 4. The van der Waals surface area contributed by atoms with Gasteiger partial charge in [-0.3, -0.25) is 14.6 Å². The van der Waals surface area contributed by atoms with Crippen LogP contribution in [-0.2, 0) is 16.1 Å². The smallest absolute Gasteiger partial charge is 0.254 e. The maximum atomic E-state index is 13.3. The van der Waals surface area contributed by atoms with Crippen molar-refractivity contribution in [3.8, 4) is 5.69 Å². The first kappa shape index (κ1) is 20.7. The van der Waals surface area contributed by atoms with Gasteiger partial charge in [-0.05, 0) is 54.8 Å². The zero-order valence-corrected chi connectivity index (χ0v) is 17.4. The standard InChI is InChI=1S/C23H25N5O3/c1-17(29)26-20-13-25-28(15-20)21-6-4-19(5-7-21)23(30)27(16-22-3-2-12-31-22)14-18-8-10-24-11-9-18/h4-11,13,15,22H,2-3,12,14,16H2,1H3,(H,26,29)/t22-/m1/s1. The van der Waals surface area contributed by atoms with Gasteiger partial charge in [0.25, 0.3) is 5.91 Å². The second-order valence-electron chi connectivity index (χ2n) is 7.58. The summed E-state index contributed by atoms with van der Waals surface area (Å²) in [6, 6.07) is 11.1. The molecular weight excluding hydrogens is 394 g/mol. The summed E-state index contributed by atoms with van der Waals surface area (Å²) in [5, 5.41) is 6.96. The normalized spacial score (nSPS) is 15.6. The lowest BCUT2D eigenvalue weighted by Gasteiger charge is -2.26. The summed E-state index contributed by atoms with van der Waals surface area (Å²) in [5.41, 5.74) is 3.05. The molecule has 2 aromatic heterocycles. The third-order valence-corrected chi connectivity index (χ3v) is 5.14. The van der Waals surface area contributed by atoms with Crippen molar-refractivity contribution in [1.29, 1.82) is 0 Å². The molecule has 4 rings (SSSR count). The molecule has 8 heteroatoms. The number of anilines is 1. The summed E-state index contributed by atoms with van der Waals surface area (Å²) in [6.07, 6.45) is 8.84. The average Bonchev–Trinajstić information content (AvgIpc) is 3.45. The van der Waals surface area contributed by atoms with Crippen molar-refractivity contribution < 1.29 is 14.3 Å². The Labute approximate surface area is 180 Å². The van der Waals surface area contributed by atoms with Crippen LogP contribution in [0, 0.1) is 0 Å². The Bertz CT molecular complexity index is 1030. The summed E-state index contributed by atoms with van der Waals surface area (Å²) in [4.78, 5) is 30.4. The maximum Gasteiger partial charge on any atom is 0.254 e. The van der Waals surface area contributed by atoms with E-state index >= 15 is 0 Å². The molecule has 1 atom stereocenters. The predicted octanol–water partition coefficient (Wildman–Crippen LogP) is 3.05. The zero-order chi connectivity index (χ0) is 21.6. The molecule has 0 bridgehead atoms. The number of hydrogen-bond acceptors (Lipinski definition) is 5. The SMILES string of the molecule is CC(=O)Nc1cnn(-c2ccc(C(=O)N(Cc3ccncc3)C[C@H]3CCCO3)cc2)c1. The molecular formula is C23H25N5O3. The van der Waals surface area contributed by atoms with Crippen molar-refractivity contribution in [3.05, 3.63) is 72.3 Å². The van der Waals surface area contributed by atoms with E-state index in [2.05, 4.69) is 15.4 Å². The van der Waals surface area contributed by atoms with Crippen LogP contribution in [0.5, 0.6) is 0 Å². The highest BCUT2D eigenvalue weighted by Crippen LogP contribution is 2.19. The molecule has 31 heavy (non-hydrogen) atoms. The minimum atomic E-state index is -0.152. The van der Waals surface area contributed by atoms with Crippen LogP contribution < -0.4 is 5.32 Å². The number of nitrogens with one attached hydrogen (secondary N) is 1. The van der Waals surface area contributed by atoms with E-state index in [1.807, 2.05) is 29.2 Å². The highest BCUT2D eigenvalue weighted by molar-refractivity contribution is 5.94. The van der Waals surface area contributed by atoms with Crippen molar-refractivity contribution in [2.45, 2.75) is 32.4 Å². The van der Waals surface area contributed by atoms with Gasteiger partial charge in [-0.15, -0.1) is 0 Å². The monoisotopic (exact) mass is 419 g/mol. The van der Waals surface area contributed by atoms with Gasteiger partial charge in [-0.1, -0.05) is 0 Å². The quantitative estimate of drug-likeness (QED) is 0.636. The van der Waals surface area contributed by atoms with Crippen LogP contribution in [0.3, 0.4) is 0 Å². The lowest BCUT2D eigenvalue weighted by atomic mass is 10.1. The van der Waals surface area contributed by atoms with Gasteiger partial charge in [0.05, 0.1) is 29.9 Å². The third-order valence-electron chi connectivity index (χ3n) is 5.14. The fraction of sp³-hybridized carbons (Fsp3) is 0.304. The molecule has 160 valence electrons. The van der Waals surface area contributed by atoms with Gasteiger partial charge in [-0.25, -0.2) is 4.68 Å². The summed E-state index contributed by atoms with van der Waals surface area (Å²) in [6.45, 7) is 3.26. The van der Waals surface area contributed by atoms with Gasteiger partial charge in [0, 0.05) is 44.6 Å². The molecule has 1 N–H and O–H groups in total. The lowest BCUT2D eigenvalue weighted by Crippen LogP contribution is -2.37. The number of rotatable bonds is 7. The molecule has 0 radical (unpaired) electrons. The van der Waals surface area contributed by atoms with E-state index in [-0.39, 0.29) is 17.9 Å². The topological polar surface area (TPSA) is 89.4 Å². The highest BCUT2D eigenvalue weighted by Gasteiger charge is 2.23.